The van der Waals surface area contributed by atoms with Gasteiger partial charge in [0.2, 0.25) is 10.0 Å². The molecule has 0 aliphatic carbocycles. The van der Waals surface area contributed by atoms with Crippen LogP contribution in [-0.4, -0.2) is 34.4 Å². The Morgan fingerprint density at radius 2 is 2.08 bits per heavy atom. The third kappa shape index (κ3) is 2.76. The molecule has 25 heavy (non-hydrogen) atoms. The maximum Gasteiger partial charge on any atom is 0.248 e. The number of sulfonamides is 1. The van der Waals surface area contributed by atoms with Gasteiger partial charge in [-0.15, -0.1) is 0 Å². The zero-order chi connectivity index (χ0) is 17.8. The molecule has 0 fully saturated rings. The lowest BCUT2D eigenvalue weighted by Crippen LogP contribution is -2.36. The van der Waals surface area contributed by atoms with E-state index in [-0.39, 0.29) is 11.4 Å². The second-order valence-electron chi connectivity index (χ2n) is 6.04. The highest BCUT2D eigenvalue weighted by Gasteiger charge is 2.33. The van der Waals surface area contributed by atoms with Gasteiger partial charge in [0.25, 0.3) is 0 Å². The average molecular weight is 423 g/mol. The summed E-state index contributed by atoms with van der Waals surface area (Å²) in [5.74, 6) is 0.313. The Morgan fingerprint density at radius 3 is 2.80 bits per heavy atom. The van der Waals surface area contributed by atoms with Crippen LogP contribution < -0.4 is 0 Å². The third-order valence-electron chi connectivity index (χ3n) is 4.31. The molecule has 4 heterocycles. The Labute approximate surface area is 153 Å². The number of nitrogens with zero attached hydrogens (tertiary/aromatic N) is 4. The van der Waals surface area contributed by atoms with Crippen LogP contribution >= 0.6 is 15.9 Å². The van der Waals surface area contributed by atoms with E-state index in [4.69, 9.17) is 4.52 Å². The summed E-state index contributed by atoms with van der Waals surface area (Å²) in [6.45, 7) is 3.90. The van der Waals surface area contributed by atoms with E-state index in [1.54, 1.807) is 20.0 Å². The molecule has 0 N–H and O–H groups in total. The number of hydrogen-bond donors (Lipinski definition) is 0. The monoisotopic (exact) mass is 422 g/mol. The summed E-state index contributed by atoms with van der Waals surface area (Å²) in [5.41, 5.74) is 2.85. The Kier molecular flexibility index (Phi) is 3.89. The molecule has 3 aromatic heterocycles. The van der Waals surface area contributed by atoms with Gasteiger partial charge in [0, 0.05) is 41.3 Å². The molecule has 1 aliphatic heterocycles. The van der Waals surface area contributed by atoms with Gasteiger partial charge in [-0.05, 0) is 47.5 Å². The van der Waals surface area contributed by atoms with Crippen LogP contribution in [0.25, 0.3) is 11.0 Å². The summed E-state index contributed by atoms with van der Waals surface area (Å²) in [4.78, 5) is 9.06. The SMILES string of the molecule is Cc1noc(C)c1S(=O)(=O)N1CCc2nc3ncc(Br)cc3cc2C1. The van der Waals surface area contributed by atoms with Crippen LogP contribution in [0.2, 0.25) is 0 Å². The number of halogens is 1. The first-order valence-corrected chi connectivity index (χ1v) is 9.96. The molecule has 0 bridgehead atoms. The summed E-state index contributed by atoms with van der Waals surface area (Å²) >= 11 is 3.40. The lowest BCUT2D eigenvalue weighted by molar-refractivity contribution is 0.380. The van der Waals surface area contributed by atoms with Crippen molar-refractivity contribution in [2.45, 2.75) is 31.7 Å². The topological polar surface area (TPSA) is 89.2 Å². The van der Waals surface area contributed by atoms with Gasteiger partial charge in [0.15, 0.2) is 11.4 Å². The van der Waals surface area contributed by atoms with Crippen molar-refractivity contribution < 1.29 is 12.9 Å². The standard InChI is InChI=1S/C16H15BrN4O3S/c1-9-15(10(2)24-20-9)25(22,23)21-4-3-14-12(8-21)5-11-6-13(17)7-18-16(11)19-14/h5-7H,3-4,8H2,1-2H3. The molecule has 3 aromatic rings. The minimum Gasteiger partial charge on any atom is -0.360 e. The van der Waals surface area contributed by atoms with Crippen molar-refractivity contribution in [1.29, 1.82) is 0 Å². The molecule has 7 nitrogen and oxygen atoms in total. The summed E-state index contributed by atoms with van der Waals surface area (Å²) < 4.78 is 33.4. The van der Waals surface area contributed by atoms with Crippen LogP contribution in [0.1, 0.15) is 22.7 Å². The molecule has 0 unspecified atom stereocenters. The van der Waals surface area contributed by atoms with Gasteiger partial charge in [-0.1, -0.05) is 5.16 Å². The van der Waals surface area contributed by atoms with E-state index in [1.807, 2.05) is 12.1 Å². The maximum absolute atomic E-state index is 13.0. The molecule has 0 aromatic carbocycles. The molecule has 1 aliphatic rings. The van der Waals surface area contributed by atoms with Gasteiger partial charge >= 0.3 is 0 Å². The molecular weight excluding hydrogens is 408 g/mol. The van der Waals surface area contributed by atoms with Crippen LogP contribution in [0.15, 0.2) is 32.2 Å². The molecular formula is C16H15BrN4O3S. The summed E-state index contributed by atoms with van der Waals surface area (Å²) in [7, 11) is -3.66. The molecule has 0 saturated carbocycles. The van der Waals surface area contributed by atoms with Crippen molar-refractivity contribution in [1.82, 2.24) is 19.4 Å². The summed E-state index contributed by atoms with van der Waals surface area (Å²) in [6.07, 6.45) is 2.25. The van der Waals surface area contributed by atoms with Crippen molar-refractivity contribution in [2.24, 2.45) is 0 Å². The molecule has 0 radical (unpaired) electrons. The maximum atomic E-state index is 13.0. The lowest BCUT2D eigenvalue weighted by atomic mass is 10.1. The van der Waals surface area contributed by atoms with Gasteiger partial charge in [-0.25, -0.2) is 18.4 Å². The van der Waals surface area contributed by atoms with Gasteiger partial charge in [-0.3, -0.25) is 0 Å². The Hall–Kier alpha value is -1.84. The van der Waals surface area contributed by atoms with Gasteiger partial charge in [0.1, 0.15) is 10.6 Å². The number of rotatable bonds is 2. The number of aryl methyl sites for hydroxylation is 2. The Bertz CT molecular complexity index is 1070. The van der Waals surface area contributed by atoms with Gasteiger partial charge in [0.05, 0.1) is 0 Å². The fourth-order valence-corrected chi connectivity index (χ4v) is 5.21. The van der Waals surface area contributed by atoms with Crippen LogP contribution in [0.3, 0.4) is 0 Å². The molecule has 130 valence electrons. The van der Waals surface area contributed by atoms with E-state index in [0.717, 1.165) is 21.1 Å². The Balaban J connectivity index is 1.75. The molecule has 0 saturated heterocycles. The average Bonchev–Trinajstić information content (AvgIpc) is 2.91. The fourth-order valence-electron chi connectivity index (χ4n) is 3.15. The van der Waals surface area contributed by atoms with Crippen LogP contribution in [-0.2, 0) is 23.0 Å². The molecule has 0 atom stereocenters. The van der Waals surface area contributed by atoms with E-state index in [0.29, 0.717) is 30.1 Å². The zero-order valence-electron chi connectivity index (χ0n) is 13.7. The molecule has 9 heteroatoms. The Morgan fingerprint density at radius 1 is 1.28 bits per heavy atom. The van der Waals surface area contributed by atoms with Gasteiger partial charge in [-0.2, -0.15) is 4.31 Å². The highest BCUT2D eigenvalue weighted by Crippen LogP contribution is 2.29. The second kappa shape index (κ2) is 5.86. The van der Waals surface area contributed by atoms with E-state index < -0.39 is 10.0 Å². The number of aromatic nitrogens is 3. The van der Waals surface area contributed by atoms with E-state index in [9.17, 15) is 8.42 Å². The predicted octanol–water partition coefficient (Wildman–Crippen LogP) is 2.74. The van der Waals surface area contributed by atoms with E-state index in [2.05, 4.69) is 31.1 Å². The highest BCUT2D eigenvalue weighted by atomic mass is 79.9. The zero-order valence-corrected chi connectivity index (χ0v) is 16.1. The number of hydrogen-bond acceptors (Lipinski definition) is 6. The quantitative estimate of drug-likeness (QED) is 0.630. The summed E-state index contributed by atoms with van der Waals surface area (Å²) in [6, 6.07) is 3.89. The molecule has 0 amide bonds. The predicted molar refractivity (Wildman–Crippen MR) is 94.5 cm³/mol. The lowest BCUT2D eigenvalue weighted by Gasteiger charge is -2.27. The number of fused-ring (bicyclic) bond motifs is 2. The number of pyridine rings is 2. The second-order valence-corrected chi connectivity index (χ2v) is 8.83. The van der Waals surface area contributed by atoms with Crippen LogP contribution in [0.5, 0.6) is 0 Å². The molecule has 0 spiro atoms. The first-order chi connectivity index (χ1) is 11.9. The largest absolute Gasteiger partial charge is 0.360 e. The third-order valence-corrected chi connectivity index (χ3v) is 6.84. The normalized spacial score (nSPS) is 15.5. The van der Waals surface area contributed by atoms with E-state index in [1.165, 1.54) is 4.31 Å². The van der Waals surface area contributed by atoms with Crippen LogP contribution in [0, 0.1) is 13.8 Å². The smallest absolute Gasteiger partial charge is 0.248 e. The fraction of sp³-hybridized carbons (Fsp3) is 0.312. The van der Waals surface area contributed by atoms with Crippen molar-refractivity contribution >= 4 is 37.0 Å². The van der Waals surface area contributed by atoms with Crippen molar-refractivity contribution in [3.63, 3.8) is 0 Å². The van der Waals surface area contributed by atoms with Crippen LogP contribution in [0.4, 0.5) is 0 Å². The molecule has 4 rings (SSSR count). The van der Waals surface area contributed by atoms with Crippen molar-refractivity contribution in [2.75, 3.05) is 6.54 Å². The van der Waals surface area contributed by atoms with Gasteiger partial charge < -0.3 is 4.52 Å². The van der Waals surface area contributed by atoms with Crippen molar-refractivity contribution in [3.8, 4) is 0 Å². The van der Waals surface area contributed by atoms with Crippen molar-refractivity contribution in [3.05, 3.63) is 45.5 Å². The first-order valence-electron chi connectivity index (χ1n) is 7.73. The summed E-state index contributed by atoms with van der Waals surface area (Å²) in [5, 5.41) is 4.64. The first kappa shape index (κ1) is 16.6. The minimum atomic E-state index is -3.66. The highest BCUT2D eigenvalue weighted by molar-refractivity contribution is 9.10. The minimum absolute atomic E-state index is 0.161. The van der Waals surface area contributed by atoms with E-state index >= 15 is 0 Å².